The van der Waals surface area contributed by atoms with E-state index in [0.717, 1.165) is 0 Å². The van der Waals surface area contributed by atoms with Crippen molar-refractivity contribution in [2.75, 3.05) is 19.9 Å². The summed E-state index contributed by atoms with van der Waals surface area (Å²) in [6.45, 7) is 4.38. The Labute approximate surface area is 77.8 Å². The highest BCUT2D eigenvalue weighted by Gasteiger charge is 1.97. The van der Waals surface area contributed by atoms with Gasteiger partial charge in [-0.1, -0.05) is 6.08 Å². The van der Waals surface area contributed by atoms with E-state index in [9.17, 15) is 4.79 Å². The maximum atomic E-state index is 10.9. The van der Waals surface area contributed by atoms with Crippen LogP contribution < -0.4 is 11.2 Å². The molecule has 0 radical (unpaired) electrons. The van der Waals surface area contributed by atoms with Gasteiger partial charge < -0.3 is 10.5 Å². The maximum Gasteiger partial charge on any atom is 0.243 e. The molecule has 0 spiro atoms. The smallest absolute Gasteiger partial charge is 0.243 e. The highest BCUT2D eigenvalue weighted by molar-refractivity contribution is 5.74. The van der Waals surface area contributed by atoms with Crippen LogP contribution in [-0.4, -0.2) is 25.9 Å². The van der Waals surface area contributed by atoms with Gasteiger partial charge in [-0.2, -0.15) is 0 Å². The van der Waals surface area contributed by atoms with Crippen molar-refractivity contribution in [3.63, 3.8) is 0 Å². The maximum absolute atomic E-state index is 10.9. The van der Waals surface area contributed by atoms with Crippen LogP contribution in [0.2, 0.25) is 0 Å². The first kappa shape index (κ1) is 12.1. The fourth-order valence-corrected chi connectivity index (χ4v) is 0.578. The van der Waals surface area contributed by atoms with E-state index in [1.165, 1.54) is 0 Å². The van der Waals surface area contributed by atoms with E-state index >= 15 is 0 Å². The molecule has 0 rings (SSSR count). The molecule has 0 unspecified atom stereocenters. The lowest BCUT2D eigenvalue weighted by Gasteiger charge is -2.04. The van der Waals surface area contributed by atoms with E-state index in [-0.39, 0.29) is 12.7 Å². The van der Waals surface area contributed by atoms with Gasteiger partial charge in [0.2, 0.25) is 5.91 Å². The second kappa shape index (κ2) is 9.18. The first-order chi connectivity index (χ1) is 6.31. The Balaban J connectivity index is 3.12. The van der Waals surface area contributed by atoms with Gasteiger partial charge in [0, 0.05) is 13.0 Å². The Morgan fingerprint density at radius 3 is 3.00 bits per heavy atom. The predicted octanol–water partition coefficient (Wildman–Crippen LogP) is -0.0668. The van der Waals surface area contributed by atoms with E-state index in [0.29, 0.717) is 26.0 Å². The van der Waals surface area contributed by atoms with Crippen LogP contribution in [0.4, 0.5) is 0 Å². The summed E-state index contributed by atoms with van der Waals surface area (Å²) in [6.07, 6.45) is 2.68. The van der Waals surface area contributed by atoms with Gasteiger partial charge in [0.05, 0.1) is 6.61 Å². The summed E-state index contributed by atoms with van der Waals surface area (Å²) in [5.74, 6) is -0.184. The van der Waals surface area contributed by atoms with Gasteiger partial charge in [0.15, 0.2) is 6.79 Å². The normalized spacial score (nSPS) is 9.62. The average Bonchev–Trinajstić information content (AvgIpc) is 2.14. The lowest BCUT2D eigenvalue weighted by Crippen LogP contribution is -2.25. The number of nitrogens with one attached hydrogen (secondary N) is 1. The van der Waals surface area contributed by atoms with Crippen LogP contribution in [0.1, 0.15) is 12.8 Å². The molecule has 0 aromatic rings. The number of hydrogen-bond acceptors (Lipinski definition) is 4. The summed E-state index contributed by atoms with van der Waals surface area (Å²) >= 11 is 0. The van der Waals surface area contributed by atoms with E-state index in [1.54, 1.807) is 6.08 Å². The van der Waals surface area contributed by atoms with Gasteiger partial charge in [-0.25, -0.2) is 10.3 Å². The molecule has 0 bridgehead atoms. The monoisotopic (exact) mass is 188 g/mol. The fourth-order valence-electron chi connectivity index (χ4n) is 0.578. The van der Waals surface area contributed by atoms with Gasteiger partial charge in [0.1, 0.15) is 0 Å². The number of carbonyl (C=O) groups is 1. The molecule has 0 aliphatic rings. The number of hydroxylamine groups is 1. The number of hydrogen-bond donors (Lipinski definition) is 2. The molecule has 13 heavy (non-hydrogen) atoms. The molecule has 0 aliphatic carbocycles. The molecule has 0 aliphatic heterocycles. The Morgan fingerprint density at radius 1 is 1.62 bits per heavy atom. The van der Waals surface area contributed by atoms with Crippen LogP contribution in [0, 0.1) is 0 Å². The van der Waals surface area contributed by atoms with Gasteiger partial charge in [-0.3, -0.25) is 4.79 Å². The quantitative estimate of drug-likeness (QED) is 0.242. The molecular formula is C8H16N2O3. The standard InChI is InChI=1S/C8H16N2O3/c1-2-3-4-8(11)10-13-7-12-6-5-9/h2H,1,3-7,9H2,(H,10,11). The SMILES string of the molecule is C=CCCC(=O)NOCOCCN. The zero-order valence-corrected chi connectivity index (χ0v) is 7.62. The molecule has 0 heterocycles. The molecule has 1 amide bonds. The number of ether oxygens (including phenoxy) is 1. The first-order valence-electron chi connectivity index (χ1n) is 4.10. The van der Waals surface area contributed by atoms with Crippen molar-refractivity contribution in [3.8, 4) is 0 Å². The van der Waals surface area contributed by atoms with Crippen molar-refractivity contribution in [2.45, 2.75) is 12.8 Å². The Morgan fingerprint density at radius 2 is 2.38 bits per heavy atom. The number of nitrogens with two attached hydrogens (primary N) is 1. The van der Waals surface area contributed by atoms with Crippen LogP contribution in [-0.2, 0) is 14.4 Å². The van der Waals surface area contributed by atoms with Gasteiger partial charge in [-0.15, -0.1) is 6.58 Å². The predicted molar refractivity (Wildman–Crippen MR) is 48.5 cm³/mol. The van der Waals surface area contributed by atoms with Gasteiger partial charge >= 0.3 is 0 Å². The molecule has 0 saturated heterocycles. The number of carbonyl (C=O) groups excluding carboxylic acids is 1. The largest absolute Gasteiger partial charge is 0.352 e. The fraction of sp³-hybridized carbons (Fsp3) is 0.625. The number of rotatable bonds is 8. The molecule has 5 nitrogen and oxygen atoms in total. The van der Waals surface area contributed by atoms with Crippen LogP contribution in [0.15, 0.2) is 12.7 Å². The van der Waals surface area contributed by atoms with Crippen molar-refractivity contribution in [3.05, 3.63) is 12.7 Å². The highest BCUT2D eigenvalue weighted by atomic mass is 16.8. The lowest BCUT2D eigenvalue weighted by atomic mass is 10.3. The molecule has 0 fully saturated rings. The topological polar surface area (TPSA) is 73.6 Å². The number of amides is 1. The Hall–Kier alpha value is -0.910. The summed E-state index contributed by atoms with van der Waals surface area (Å²) < 4.78 is 4.86. The molecule has 0 aromatic heterocycles. The number of allylic oxidation sites excluding steroid dienone is 1. The molecule has 5 heteroatoms. The second-order valence-corrected chi connectivity index (χ2v) is 2.31. The minimum Gasteiger partial charge on any atom is -0.352 e. The minimum atomic E-state index is -0.184. The highest BCUT2D eigenvalue weighted by Crippen LogP contribution is 1.88. The van der Waals surface area contributed by atoms with Crippen LogP contribution in [0.3, 0.4) is 0 Å². The van der Waals surface area contributed by atoms with Crippen molar-refractivity contribution in [1.82, 2.24) is 5.48 Å². The molecule has 0 saturated carbocycles. The van der Waals surface area contributed by atoms with Crippen molar-refractivity contribution in [2.24, 2.45) is 5.73 Å². The van der Waals surface area contributed by atoms with E-state index in [2.05, 4.69) is 16.9 Å². The van der Waals surface area contributed by atoms with Crippen molar-refractivity contribution < 1.29 is 14.4 Å². The third-order valence-corrected chi connectivity index (χ3v) is 1.17. The van der Waals surface area contributed by atoms with Crippen molar-refractivity contribution in [1.29, 1.82) is 0 Å². The van der Waals surface area contributed by atoms with E-state index in [1.807, 2.05) is 0 Å². The second-order valence-electron chi connectivity index (χ2n) is 2.31. The molecule has 76 valence electrons. The molecule has 0 atom stereocenters. The van der Waals surface area contributed by atoms with Gasteiger partial charge in [0.25, 0.3) is 0 Å². The molecule has 0 aromatic carbocycles. The average molecular weight is 188 g/mol. The van der Waals surface area contributed by atoms with Crippen LogP contribution >= 0.6 is 0 Å². The third-order valence-electron chi connectivity index (χ3n) is 1.17. The summed E-state index contributed by atoms with van der Waals surface area (Å²) in [4.78, 5) is 15.6. The van der Waals surface area contributed by atoms with Crippen LogP contribution in [0.25, 0.3) is 0 Å². The van der Waals surface area contributed by atoms with Gasteiger partial charge in [-0.05, 0) is 6.42 Å². The summed E-state index contributed by atoms with van der Waals surface area (Å²) in [5, 5.41) is 0. The van der Waals surface area contributed by atoms with Crippen molar-refractivity contribution >= 4 is 5.91 Å². The zero-order chi connectivity index (χ0) is 9.94. The Kier molecular flexibility index (Phi) is 8.54. The van der Waals surface area contributed by atoms with E-state index < -0.39 is 0 Å². The minimum absolute atomic E-state index is 0.0248. The van der Waals surface area contributed by atoms with Crippen LogP contribution in [0.5, 0.6) is 0 Å². The third kappa shape index (κ3) is 9.00. The molecular weight excluding hydrogens is 172 g/mol. The first-order valence-corrected chi connectivity index (χ1v) is 4.10. The summed E-state index contributed by atoms with van der Waals surface area (Å²) in [5.41, 5.74) is 7.38. The molecule has 3 N–H and O–H groups in total. The van der Waals surface area contributed by atoms with E-state index in [4.69, 9.17) is 10.5 Å². The summed E-state index contributed by atoms with van der Waals surface area (Å²) in [6, 6.07) is 0. The Bertz CT molecular complexity index is 150. The lowest BCUT2D eigenvalue weighted by molar-refractivity contribution is -0.147. The zero-order valence-electron chi connectivity index (χ0n) is 7.62. The summed E-state index contributed by atoms with van der Waals surface area (Å²) in [7, 11) is 0.